The molecular weight excluding hydrogens is 352 g/mol. The lowest BCUT2D eigenvalue weighted by Crippen LogP contribution is -2.71. The van der Waals surface area contributed by atoms with Crippen molar-refractivity contribution in [3.63, 3.8) is 0 Å². The third-order valence-electron chi connectivity index (χ3n) is 5.43. The first-order valence-electron chi connectivity index (χ1n) is 8.70. The highest BCUT2D eigenvalue weighted by atomic mass is 16.5. The molecule has 2 heterocycles. The number of carbonyl (C=O) groups excluding carboxylic acids is 2. The van der Waals surface area contributed by atoms with Gasteiger partial charge in [-0.05, 0) is 24.6 Å². The Kier molecular flexibility index (Phi) is 4.95. The molecule has 0 radical (unpaired) electrons. The molecule has 0 saturated carbocycles. The fourth-order valence-electron chi connectivity index (χ4n) is 4.02. The molecule has 0 bridgehead atoms. The molecule has 1 aromatic rings. The predicted octanol–water partition coefficient (Wildman–Crippen LogP) is 1.39. The van der Waals surface area contributed by atoms with Crippen LogP contribution in [0.4, 0.5) is 9.59 Å². The number of fused-ring (bicyclic) bond motifs is 1. The van der Waals surface area contributed by atoms with E-state index in [4.69, 9.17) is 14.2 Å². The summed E-state index contributed by atoms with van der Waals surface area (Å²) in [6, 6.07) is 2.80. The monoisotopic (exact) mass is 378 g/mol. The average molecular weight is 378 g/mol. The smallest absolute Gasteiger partial charge is 0.319 e. The normalized spacial score (nSPS) is 27.5. The largest absolute Gasteiger partial charge is 0.493 e. The number of rotatable bonds is 4. The zero-order valence-corrected chi connectivity index (χ0v) is 16.4. The highest BCUT2D eigenvalue weighted by Crippen LogP contribution is 2.45. The maximum atomic E-state index is 12.6. The van der Waals surface area contributed by atoms with E-state index in [0.29, 0.717) is 17.2 Å². The molecule has 0 spiro atoms. The topological polar surface area (TPSA) is 92.4 Å². The van der Waals surface area contributed by atoms with Gasteiger partial charge in [0.25, 0.3) is 0 Å². The number of nitrogens with one attached hydrogen (secondary N) is 2. The van der Waals surface area contributed by atoms with Gasteiger partial charge in [0.05, 0.1) is 27.4 Å². The molecule has 0 aromatic heterocycles. The quantitative estimate of drug-likeness (QED) is 0.826. The van der Waals surface area contributed by atoms with Crippen molar-refractivity contribution >= 4 is 12.1 Å². The van der Waals surface area contributed by atoms with Gasteiger partial charge >= 0.3 is 12.1 Å². The van der Waals surface area contributed by atoms with Crippen molar-refractivity contribution in [2.24, 2.45) is 5.92 Å². The van der Waals surface area contributed by atoms with E-state index in [1.165, 1.54) is 4.90 Å². The van der Waals surface area contributed by atoms with Gasteiger partial charge in [0.2, 0.25) is 5.75 Å². The number of benzene rings is 1. The number of hydrogen-bond acceptors (Lipinski definition) is 5. The summed E-state index contributed by atoms with van der Waals surface area (Å²) in [5.41, 5.74) is 0.841. The van der Waals surface area contributed by atoms with Crippen LogP contribution in [0.3, 0.4) is 0 Å². The van der Waals surface area contributed by atoms with Crippen LogP contribution in [0.25, 0.3) is 0 Å². The summed E-state index contributed by atoms with van der Waals surface area (Å²) >= 11 is 0. The first-order valence-corrected chi connectivity index (χ1v) is 8.70. The number of methoxy groups -OCH3 is 3. The highest BCUT2D eigenvalue weighted by Gasteiger charge is 2.49. The van der Waals surface area contributed by atoms with Crippen LogP contribution in [0.5, 0.6) is 17.2 Å². The molecule has 2 aliphatic rings. The fraction of sp³-hybridized carbons (Fsp3) is 0.556. The number of hydrogen-bond donors (Lipinski definition) is 2. The molecule has 2 aliphatic heterocycles. The molecule has 2 saturated heterocycles. The van der Waals surface area contributed by atoms with Gasteiger partial charge in [-0.2, -0.15) is 0 Å². The molecule has 9 nitrogen and oxygen atoms in total. The van der Waals surface area contributed by atoms with Gasteiger partial charge in [0.15, 0.2) is 11.5 Å². The van der Waals surface area contributed by atoms with E-state index < -0.39 is 6.17 Å². The Hall–Kier alpha value is -2.84. The third-order valence-corrected chi connectivity index (χ3v) is 5.43. The zero-order valence-electron chi connectivity index (χ0n) is 16.4. The second kappa shape index (κ2) is 7.05. The lowest BCUT2D eigenvalue weighted by molar-refractivity contribution is 0.0247. The number of nitrogens with zero attached hydrogens (tertiary/aromatic N) is 2. The second-order valence-corrected chi connectivity index (χ2v) is 6.84. The molecule has 1 aromatic carbocycles. The van der Waals surface area contributed by atoms with E-state index in [1.807, 2.05) is 19.1 Å². The van der Waals surface area contributed by atoms with Crippen LogP contribution in [0.15, 0.2) is 12.1 Å². The van der Waals surface area contributed by atoms with Crippen molar-refractivity contribution in [2.45, 2.75) is 25.2 Å². The lowest BCUT2D eigenvalue weighted by atomic mass is 9.81. The minimum atomic E-state index is -0.415. The van der Waals surface area contributed by atoms with E-state index in [0.717, 1.165) is 5.56 Å². The van der Waals surface area contributed by atoms with Gasteiger partial charge < -0.3 is 34.6 Å². The number of urea groups is 2. The van der Waals surface area contributed by atoms with Crippen molar-refractivity contribution in [3.8, 4) is 17.2 Å². The summed E-state index contributed by atoms with van der Waals surface area (Å²) in [4.78, 5) is 27.9. The van der Waals surface area contributed by atoms with Crippen molar-refractivity contribution in [1.82, 2.24) is 20.4 Å². The molecule has 148 valence electrons. The van der Waals surface area contributed by atoms with Crippen LogP contribution in [0.1, 0.15) is 18.5 Å². The summed E-state index contributed by atoms with van der Waals surface area (Å²) in [6.07, 6.45) is -0.415. The van der Waals surface area contributed by atoms with Crippen LogP contribution in [-0.4, -0.2) is 69.5 Å². The van der Waals surface area contributed by atoms with Crippen LogP contribution in [-0.2, 0) is 0 Å². The highest BCUT2D eigenvalue weighted by molar-refractivity contribution is 5.80. The van der Waals surface area contributed by atoms with E-state index in [1.54, 1.807) is 40.3 Å². The van der Waals surface area contributed by atoms with Crippen molar-refractivity contribution in [2.75, 3.05) is 35.4 Å². The standard InChI is InChI=1S/C18H26N4O5/c1-9-13-14(10-7-11(25-4)15(27-6)12(8-10)26-5)21(2)18(24)20-16(13)22(3)17(23)19-9/h7-9,13-14,16H,1-6H3,(H,19,23)(H,20,24)/t9-,13+,14+,16+/m1/s1. The molecule has 0 unspecified atom stereocenters. The Morgan fingerprint density at radius 3 is 1.96 bits per heavy atom. The Balaban J connectivity index is 2.12. The van der Waals surface area contributed by atoms with E-state index >= 15 is 0 Å². The van der Waals surface area contributed by atoms with Gasteiger partial charge in [-0.15, -0.1) is 0 Å². The van der Waals surface area contributed by atoms with E-state index in [2.05, 4.69) is 10.6 Å². The second-order valence-electron chi connectivity index (χ2n) is 6.84. The number of carbonyl (C=O) groups is 2. The average Bonchev–Trinajstić information content (AvgIpc) is 2.66. The maximum absolute atomic E-state index is 12.6. The molecule has 4 amide bonds. The van der Waals surface area contributed by atoms with E-state index in [9.17, 15) is 9.59 Å². The van der Waals surface area contributed by atoms with Gasteiger partial charge in [0, 0.05) is 26.1 Å². The van der Waals surface area contributed by atoms with Crippen LogP contribution in [0, 0.1) is 5.92 Å². The molecular formula is C18H26N4O5. The number of ether oxygens (including phenoxy) is 3. The lowest BCUT2D eigenvalue weighted by Gasteiger charge is -2.52. The Bertz CT molecular complexity index is 730. The first kappa shape index (κ1) is 18.9. The molecule has 2 fully saturated rings. The van der Waals surface area contributed by atoms with Crippen LogP contribution in [0.2, 0.25) is 0 Å². The van der Waals surface area contributed by atoms with Gasteiger partial charge in [-0.25, -0.2) is 9.59 Å². The van der Waals surface area contributed by atoms with Crippen LogP contribution < -0.4 is 24.8 Å². The van der Waals surface area contributed by atoms with Crippen molar-refractivity contribution in [1.29, 1.82) is 0 Å². The molecule has 4 atom stereocenters. The summed E-state index contributed by atoms with van der Waals surface area (Å²) in [5, 5.41) is 5.89. The molecule has 0 aliphatic carbocycles. The van der Waals surface area contributed by atoms with E-state index in [-0.39, 0.29) is 30.1 Å². The fourth-order valence-corrected chi connectivity index (χ4v) is 4.02. The Morgan fingerprint density at radius 1 is 0.889 bits per heavy atom. The summed E-state index contributed by atoms with van der Waals surface area (Å²) in [7, 11) is 8.07. The van der Waals surface area contributed by atoms with Crippen LogP contribution >= 0.6 is 0 Å². The zero-order chi connectivity index (χ0) is 19.9. The van der Waals surface area contributed by atoms with Gasteiger partial charge in [-0.3, -0.25) is 0 Å². The Labute approximate surface area is 158 Å². The van der Waals surface area contributed by atoms with Crippen molar-refractivity contribution < 1.29 is 23.8 Å². The first-order chi connectivity index (χ1) is 12.8. The minimum Gasteiger partial charge on any atom is -0.493 e. The summed E-state index contributed by atoms with van der Waals surface area (Å²) in [6.45, 7) is 1.94. The molecule has 9 heteroatoms. The van der Waals surface area contributed by atoms with Crippen molar-refractivity contribution in [3.05, 3.63) is 17.7 Å². The maximum Gasteiger partial charge on any atom is 0.319 e. The summed E-state index contributed by atoms with van der Waals surface area (Å²) < 4.78 is 16.3. The molecule has 2 N–H and O–H groups in total. The van der Waals surface area contributed by atoms with Gasteiger partial charge in [-0.1, -0.05) is 0 Å². The molecule has 3 rings (SSSR count). The minimum absolute atomic E-state index is 0.0850. The SMILES string of the molecule is COc1cc([C@H]2[C@H]3[C@@H](NC(=O)N2C)N(C)C(=O)N[C@@H]3C)cc(OC)c1OC. The Morgan fingerprint density at radius 2 is 1.44 bits per heavy atom. The summed E-state index contributed by atoms with van der Waals surface area (Å²) in [5.74, 6) is 1.44. The number of amides is 4. The third kappa shape index (κ3) is 2.96. The van der Waals surface area contributed by atoms with Gasteiger partial charge in [0.1, 0.15) is 6.17 Å². The molecule has 27 heavy (non-hydrogen) atoms. The predicted molar refractivity (Wildman–Crippen MR) is 98.2 cm³/mol.